The summed E-state index contributed by atoms with van der Waals surface area (Å²) in [6.07, 6.45) is 2.93. The Bertz CT molecular complexity index is 662. The van der Waals surface area contributed by atoms with E-state index in [4.69, 9.17) is 16.3 Å². The van der Waals surface area contributed by atoms with Crippen LogP contribution in [0.5, 0.6) is 5.75 Å². The normalized spacial score (nSPS) is 12.8. The predicted molar refractivity (Wildman–Crippen MR) is 99.6 cm³/mol. The number of ether oxygens (including phenoxy) is 1. The molecule has 1 atom stereocenters. The summed E-state index contributed by atoms with van der Waals surface area (Å²) in [7, 11) is 0. The molecule has 2 rings (SSSR count). The molecule has 0 saturated heterocycles. The van der Waals surface area contributed by atoms with Crippen LogP contribution in [0.15, 0.2) is 47.5 Å². The van der Waals surface area contributed by atoms with Gasteiger partial charge in [-0.1, -0.05) is 44.5 Å². The highest BCUT2D eigenvalue weighted by molar-refractivity contribution is 6.32. The summed E-state index contributed by atoms with van der Waals surface area (Å²) in [6, 6.07) is 14.1. The molecule has 2 aromatic rings. The van der Waals surface area contributed by atoms with Gasteiger partial charge >= 0.3 is 0 Å². The van der Waals surface area contributed by atoms with Crippen molar-refractivity contribution < 1.29 is 4.74 Å². The van der Waals surface area contributed by atoms with Crippen LogP contribution in [0.25, 0.3) is 0 Å². The molecule has 0 N–H and O–H groups in total. The Morgan fingerprint density at radius 2 is 1.78 bits per heavy atom. The highest BCUT2D eigenvalue weighted by atomic mass is 35.5. The minimum atomic E-state index is 0.159. The van der Waals surface area contributed by atoms with E-state index in [2.05, 4.69) is 37.9 Å². The van der Waals surface area contributed by atoms with Gasteiger partial charge in [-0.15, -0.1) is 0 Å². The maximum absolute atomic E-state index is 6.28. The van der Waals surface area contributed by atoms with E-state index in [1.54, 1.807) is 0 Å². The van der Waals surface area contributed by atoms with E-state index in [0.717, 1.165) is 23.4 Å². The van der Waals surface area contributed by atoms with Crippen molar-refractivity contribution in [2.75, 3.05) is 0 Å². The maximum Gasteiger partial charge on any atom is 0.138 e. The fourth-order valence-electron chi connectivity index (χ4n) is 2.09. The SMILES string of the molecule is CC[C@@H](C)Oc1ccc(C=Nc2ccc(C(C)C)cc2)cc1Cl. The lowest BCUT2D eigenvalue weighted by Gasteiger charge is -2.13. The number of aliphatic imine (C=N–C) groups is 1. The van der Waals surface area contributed by atoms with Crippen molar-refractivity contribution in [2.24, 2.45) is 4.99 Å². The van der Waals surface area contributed by atoms with Gasteiger partial charge in [0.2, 0.25) is 0 Å². The van der Waals surface area contributed by atoms with E-state index in [1.807, 2.05) is 43.5 Å². The average molecular weight is 330 g/mol. The molecule has 0 amide bonds. The Balaban J connectivity index is 2.09. The van der Waals surface area contributed by atoms with E-state index in [0.29, 0.717) is 10.9 Å². The Morgan fingerprint density at radius 3 is 2.35 bits per heavy atom. The first kappa shape index (κ1) is 17.6. The Morgan fingerprint density at radius 1 is 1.09 bits per heavy atom. The van der Waals surface area contributed by atoms with E-state index in [-0.39, 0.29) is 6.10 Å². The van der Waals surface area contributed by atoms with Crippen LogP contribution in [-0.2, 0) is 0 Å². The highest BCUT2D eigenvalue weighted by Gasteiger charge is 2.06. The molecular weight excluding hydrogens is 306 g/mol. The van der Waals surface area contributed by atoms with Crippen molar-refractivity contribution >= 4 is 23.5 Å². The van der Waals surface area contributed by atoms with Gasteiger partial charge in [-0.3, -0.25) is 4.99 Å². The topological polar surface area (TPSA) is 21.6 Å². The third-order valence-corrected chi connectivity index (χ3v) is 4.08. The summed E-state index contributed by atoms with van der Waals surface area (Å²) in [5.41, 5.74) is 3.21. The van der Waals surface area contributed by atoms with Gasteiger partial charge in [-0.25, -0.2) is 0 Å². The number of hydrogen-bond donors (Lipinski definition) is 0. The number of benzene rings is 2. The quantitative estimate of drug-likeness (QED) is 0.562. The summed E-state index contributed by atoms with van der Waals surface area (Å²) in [5, 5.41) is 0.615. The highest BCUT2D eigenvalue weighted by Crippen LogP contribution is 2.26. The summed E-state index contributed by atoms with van der Waals surface area (Å²) in [5.74, 6) is 1.25. The van der Waals surface area contributed by atoms with Gasteiger partial charge in [0.05, 0.1) is 16.8 Å². The molecule has 0 aromatic heterocycles. The maximum atomic E-state index is 6.28. The van der Waals surface area contributed by atoms with Gasteiger partial charge in [0.15, 0.2) is 0 Å². The zero-order valence-electron chi connectivity index (χ0n) is 14.2. The van der Waals surface area contributed by atoms with Gasteiger partial charge in [-0.2, -0.15) is 0 Å². The average Bonchev–Trinajstić information content (AvgIpc) is 2.55. The van der Waals surface area contributed by atoms with Crippen LogP contribution in [0, 0.1) is 0 Å². The van der Waals surface area contributed by atoms with E-state index in [9.17, 15) is 0 Å². The largest absolute Gasteiger partial charge is 0.489 e. The fourth-order valence-corrected chi connectivity index (χ4v) is 2.32. The van der Waals surface area contributed by atoms with Crippen LogP contribution in [0.1, 0.15) is 51.2 Å². The lowest BCUT2D eigenvalue weighted by atomic mass is 10.0. The Kier molecular flexibility index (Phi) is 6.23. The molecule has 23 heavy (non-hydrogen) atoms. The zero-order chi connectivity index (χ0) is 16.8. The zero-order valence-corrected chi connectivity index (χ0v) is 15.0. The molecule has 0 aliphatic heterocycles. The van der Waals surface area contributed by atoms with Crippen LogP contribution in [-0.4, -0.2) is 12.3 Å². The number of rotatable bonds is 6. The van der Waals surface area contributed by atoms with Crippen molar-refractivity contribution in [1.29, 1.82) is 0 Å². The van der Waals surface area contributed by atoms with Crippen LogP contribution < -0.4 is 4.74 Å². The van der Waals surface area contributed by atoms with Gasteiger partial charge in [0, 0.05) is 6.21 Å². The summed E-state index contributed by atoms with van der Waals surface area (Å²) >= 11 is 6.28. The molecule has 0 radical (unpaired) electrons. The van der Waals surface area contributed by atoms with Gasteiger partial charge in [0.1, 0.15) is 5.75 Å². The van der Waals surface area contributed by atoms with Crippen molar-refractivity contribution in [3.05, 3.63) is 58.6 Å². The van der Waals surface area contributed by atoms with E-state index < -0.39 is 0 Å². The van der Waals surface area contributed by atoms with Crippen LogP contribution in [0.4, 0.5) is 5.69 Å². The van der Waals surface area contributed by atoms with Crippen molar-refractivity contribution in [1.82, 2.24) is 0 Å². The summed E-state index contributed by atoms with van der Waals surface area (Å²) in [6.45, 7) is 8.49. The monoisotopic (exact) mass is 329 g/mol. The Hall–Kier alpha value is -1.80. The lowest BCUT2D eigenvalue weighted by molar-refractivity contribution is 0.217. The summed E-state index contributed by atoms with van der Waals surface area (Å²) < 4.78 is 5.77. The molecule has 2 aromatic carbocycles. The molecule has 0 fully saturated rings. The second-order valence-corrected chi connectivity index (χ2v) is 6.44. The molecular formula is C20H24ClNO. The molecule has 0 heterocycles. The Labute approximate surface area is 144 Å². The second-order valence-electron chi connectivity index (χ2n) is 6.03. The van der Waals surface area contributed by atoms with Crippen LogP contribution in [0.3, 0.4) is 0 Å². The van der Waals surface area contributed by atoms with Crippen LogP contribution >= 0.6 is 11.6 Å². The van der Waals surface area contributed by atoms with Gasteiger partial charge < -0.3 is 4.74 Å². The third kappa shape index (κ3) is 5.11. The fraction of sp³-hybridized carbons (Fsp3) is 0.350. The molecule has 0 saturated carbocycles. The molecule has 3 heteroatoms. The second kappa shape index (κ2) is 8.16. The minimum absolute atomic E-state index is 0.159. The molecule has 0 bridgehead atoms. The van der Waals surface area contributed by atoms with Crippen molar-refractivity contribution in [3.63, 3.8) is 0 Å². The van der Waals surface area contributed by atoms with Crippen molar-refractivity contribution in [3.8, 4) is 5.75 Å². The number of hydrogen-bond acceptors (Lipinski definition) is 2. The smallest absolute Gasteiger partial charge is 0.138 e. The first-order chi connectivity index (χ1) is 11.0. The molecule has 0 aliphatic rings. The molecule has 122 valence electrons. The first-order valence-electron chi connectivity index (χ1n) is 8.09. The van der Waals surface area contributed by atoms with Crippen LogP contribution in [0.2, 0.25) is 5.02 Å². The standard InChI is InChI=1S/C20H24ClNO/c1-5-15(4)23-20-11-6-16(12-19(20)21)13-22-18-9-7-17(8-10-18)14(2)3/h6-15H,5H2,1-4H3/t15-/m1/s1. The number of nitrogens with zero attached hydrogens (tertiary/aromatic N) is 1. The van der Waals surface area contributed by atoms with E-state index >= 15 is 0 Å². The minimum Gasteiger partial charge on any atom is -0.489 e. The molecule has 0 spiro atoms. The predicted octanol–water partition coefficient (Wildman–Crippen LogP) is 6.39. The molecule has 0 unspecified atom stereocenters. The molecule has 0 aliphatic carbocycles. The third-order valence-electron chi connectivity index (χ3n) is 3.78. The van der Waals surface area contributed by atoms with Crippen molar-refractivity contribution in [2.45, 2.75) is 46.1 Å². The first-order valence-corrected chi connectivity index (χ1v) is 8.47. The van der Waals surface area contributed by atoms with Gasteiger partial charge in [-0.05, 0) is 60.7 Å². The number of halogens is 1. The molecule has 2 nitrogen and oxygen atoms in total. The van der Waals surface area contributed by atoms with E-state index in [1.165, 1.54) is 5.56 Å². The lowest BCUT2D eigenvalue weighted by Crippen LogP contribution is -2.09. The summed E-state index contributed by atoms with van der Waals surface area (Å²) in [4.78, 5) is 4.50. The van der Waals surface area contributed by atoms with Gasteiger partial charge in [0.25, 0.3) is 0 Å².